The number of alkyl halides is 3. The average Bonchev–Trinajstić information content (AvgIpc) is 2.54. The summed E-state index contributed by atoms with van der Waals surface area (Å²) in [5.41, 5.74) is 1.03. The lowest BCUT2D eigenvalue weighted by Crippen LogP contribution is -2.14. The van der Waals surface area contributed by atoms with E-state index in [1.165, 1.54) is 13.0 Å². The predicted molar refractivity (Wildman–Crippen MR) is 96.0 cm³/mol. The molecule has 2 aromatic carbocycles. The van der Waals surface area contributed by atoms with Gasteiger partial charge in [-0.05, 0) is 66.6 Å². The number of carbonyl (C=O) groups excluding carboxylic acids is 1. The Kier molecular flexibility index (Phi) is 6.29. The van der Waals surface area contributed by atoms with Crippen LogP contribution < -0.4 is 0 Å². The Bertz CT molecular complexity index is 821. The third kappa shape index (κ3) is 4.67. The Balaban J connectivity index is 2.65. The number of halogens is 4. The van der Waals surface area contributed by atoms with E-state index in [2.05, 4.69) is 0 Å². The minimum Gasteiger partial charge on any atom is -0.466 e. The van der Waals surface area contributed by atoms with Crippen LogP contribution in [-0.2, 0) is 15.7 Å². The van der Waals surface area contributed by atoms with Crippen LogP contribution in [0.15, 0.2) is 30.3 Å². The van der Waals surface area contributed by atoms with Gasteiger partial charge in [0.25, 0.3) is 0 Å². The lowest BCUT2D eigenvalue weighted by atomic mass is 9.88. The van der Waals surface area contributed by atoms with Crippen molar-refractivity contribution in [2.24, 2.45) is 0 Å². The molecule has 0 fully saturated rings. The third-order valence-electron chi connectivity index (χ3n) is 4.49. The molecule has 0 amide bonds. The first kappa shape index (κ1) is 20.9. The standard InChI is InChI=1S/C21H22F4O2/c1-5-27-18(26)9-14(4)16-10-15(11-17(20(16)22)21(23,24)25)19-12(2)7-6-8-13(19)3/h6-8,10-11,14H,5,9H2,1-4H3/t14-/m0/s1. The molecule has 0 unspecified atom stereocenters. The van der Waals surface area contributed by atoms with Crippen LogP contribution in [0.3, 0.4) is 0 Å². The maximum atomic E-state index is 14.7. The second-order valence-corrected chi connectivity index (χ2v) is 6.60. The summed E-state index contributed by atoms with van der Waals surface area (Å²) in [4.78, 5) is 11.7. The van der Waals surface area contributed by atoms with Gasteiger partial charge in [-0.1, -0.05) is 25.1 Å². The first-order chi connectivity index (χ1) is 12.6. The topological polar surface area (TPSA) is 26.3 Å². The lowest BCUT2D eigenvalue weighted by Gasteiger charge is -2.19. The fourth-order valence-corrected chi connectivity index (χ4v) is 3.21. The summed E-state index contributed by atoms with van der Waals surface area (Å²) in [5.74, 6) is -2.67. The maximum absolute atomic E-state index is 14.7. The molecule has 0 aliphatic rings. The van der Waals surface area contributed by atoms with Crippen LogP contribution in [0.4, 0.5) is 17.6 Å². The normalized spacial score (nSPS) is 12.7. The molecule has 0 N–H and O–H groups in total. The van der Waals surface area contributed by atoms with Gasteiger partial charge >= 0.3 is 12.1 Å². The molecule has 0 aliphatic heterocycles. The highest BCUT2D eigenvalue weighted by atomic mass is 19.4. The minimum absolute atomic E-state index is 0.143. The van der Waals surface area contributed by atoms with Gasteiger partial charge in [0.1, 0.15) is 5.82 Å². The van der Waals surface area contributed by atoms with Gasteiger partial charge in [-0.2, -0.15) is 13.2 Å². The second-order valence-electron chi connectivity index (χ2n) is 6.60. The Hall–Kier alpha value is -2.37. The molecule has 0 bridgehead atoms. The summed E-state index contributed by atoms with van der Waals surface area (Å²) in [5, 5.41) is 0. The van der Waals surface area contributed by atoms with E-state index in [0.717, 1.165) is 17.2 Å². The van der Waals surface area contributed by atoms with Crippen LogP contribution in [0, 0.1) is 19.7 Å². The fraction of sp³-hybridized carbons (Fsp3) is 0.381. The molecule has 0 aliphatic carbocycles. The van der Waals surface area contributed by atoms with Crippen LogP contribution in [0.5, 0.6) is 0 Å². The van der Waals surface area contributed by atoms with Crippen molar-refractivity contribution < 1.29 is 27.1 Å². The third-order valence-corrected chi connectivity index (χ3v) is 4.49. The molecule has 0 aromatic heterocycles. The smallest absolute Gasteiger partial charge is 0.419 e. The summed E-state index contributed by atoms with van der Waals surface area (Å²) in [7, 11) is 0. The number of hydrogen-bond donors (Lipinski definition) is 0. The molecule has 0 spiro atoms. The molecule has 0 saturated heterocycles. The van der Waals surface area contributed by atoms with Crippen LogP contribution >= 0.6 is 0 Å². The van der Waals surface area contributed by atoms with Crippen molar-refractivity contribution in [3.8, 4) is 11.1 Å². The highest BCUT2D eigenvalue weighted by Crippen LogP contribution is 2.40. The van der Waals surface area contributed by atoms with Gasteiger partial charge in [-0.25, -0.2) is 4.39 Å². The first-order valence-corrected chi connectivity index (χ1v) is 8.69. The van der Waals surface area contributed by atoms with Crippen LogP contribution in [0.1, 0.15) is 48.4 Å². The molecule has 2 rings (SSSR count). The number of benzene rings is 2. The molecule has 0 radical (unpaired) electrons. The highest BCUT2D eigenvalue weighted by molar-refractivity contribution is 5.74. The van der Waals surface area contributed by atoms with Gasteiger partial charge in [0.2, 0.25) is 0 Å². The summed E-state index contributed by atoms with van der Waals surface area (Å²) in [6.45, 7) is 6.89. The molecule has 27 heavy (non-hydrogen) atoms. The summed E-state index contributed by atoms with van der Waals surface area (Å²) < 4.78 is 59.8. The Morgan fingerprint density at radius 1 is 1.15 bits per heavy atom. The van der Waals surface area contributed by atoms with Gasteiger partial charge < -0.3 is 4.74 Å². The van der Waals surface area contributed by atoms with E-state index in [9.17, 15) is 22.4 Å². The summed E-state index contributed by atoms with van der Waals surface area (Å²) in [6.07, 6.45) is -5.03. The maximum Gasteiger partial charge on any atom is 0.419 e. The zero-order valence-corrected chi connectivity index (χ0v) is 15.7. The number of hydrogen-bond acceptors (Lipinski definition) is 2. The van der Waals surface area contributed by atoms with Gasteiger partial charge in [0.05, 0.1) is 18.6 Å². The number of aryl methyl sites for hydroxylation is 2. The zero-order valence-electron chi connectivity index (χ0n) is 15.7. The minimum atomic E-state index is -4.84. The van der Waals surface area contributed by atoms with Crippen molar-refractivity contribution in [3.05, 3.63) is 58.4 Å². The molecule has 6 heteroatoms. The van der Waals surface area contributed by atoms with Crippen molar-refractivity contribution in [2.75, 3.05) is 6.61 Å². The number of carbonyl (C=O) groups is 1. The number of rotatable bonds is 5. The van der Waals surface area contributed by atoms with Gasteiger partial charge in [0, 0.05) is 0 Å². The van der Waals surface area contributed by atoms with Crippen LogP contribution in [0.2, 0.25) is 0 Å². The lowest BCUT2D eigenvalue weighted by molar-refractivity contribution is -0.143. The molecule has 2 nitrogen and oxygen atoms in total. The highest BCUT2D eigenvalue weighted by Gasteiger charge is 2.36. The van der Waals surface area contributed by atoms with E-state index in [1.807, 2.05) is 6.07 Å². The van der Waals surface area contributed by atoms with Crippen molar-refractivity contribution >= 4 is 5.97 Å². The van der Waals surface area contributed by atoms with E-state index in [-0.39, 0.29) is 24.2 Å². The van der Waals surface area contributed by atoms with E-state index >= 15 is 0 Å². The first-order valence-electron chi connectivity index (χ1n) is 8.69. The van der Waals surface area contributed by atoms with Crippen LogP contribution in [0.25, 0.3) is 11.1 Å². The number of ether oxygens (including phenoxy) is 1. The van der Waals surface area contributed by atoms with E-state index in [0.29, 0.717) is 5.56 Å². The van der Waals surface area contributed by atoms with Crippen LogP contribution in [-0.4, -0.2) is 12.6 Å². The molecule has 1 atom stereocenters. The summed E-state index contributed by atoms with van der Waals surface area (Å²) in [6, 6.07) is 7.64. The number of esters is 1. The van der Waals surface area contributed by atoms with Crippen molar-refractivity contribution in [1.29, 1.82) is 0 Å². The molecular formula is C21H22F4O2. The van der Waals surface area contributed by atoms with Gasteiger partial charge in [-0.15, -0.1) is 0 Å². The molecular weight excluding hydrogens is 360 g/mol. The second kappa shape index (κ2) is 8.11. The monoisotopic (exact) mass is 382 g/mol. The fourth-order valence-electron chi connectivity index (χ4n) is 3.21. The zero-order chi connectivity index (χ0) is 20.4. The van der Waals surface area contributed by atoms with E-state index in [1.54, 1.807) is 32.9 Å². The van der Waals surface area contributed by atoms with E-state index < -0.39 is 29.4 Å². The van der Waals surface area contributed by atoms with Crippen molar-refractivity contribution in [3.63, 3.8) is 0 Å². The Labute approximate surface area is 156 Å². The molecule has 0 saturated carbocycles. The molecule has 0 heterocycles. The molecule has 2 aromatic rings. The van der Waals surface area contributed by atoms with Gasteiger partial charge in [0.15, 0.2) is 0 Å². The Morgan fingerprint density at radius 2 is 1.74 bits per heavy atom. The van der Waals surface area contributed by atoms with E-state index in [4.69, 9.17) is 4.74 Å². The van der Waals surface area contributed by atoms with Gasteiger partial charge in [-0.3, -0.25) is 4.79 Å². The predicted octanol–water partition coefficient (Wildman–Crippen LogP) is 6.19. The quantitative estimate of drug-likeness (QED) is 0.456. The van der Waals surface area contributed by atoms with Crippen molar-refractivity contribution in [1.82, 2.24) is 0 Å². The summed E-state index contributed by atoms with van der Waals surface area (Å²) >= 11 is 0. The molecule has 146 valence electrons. The Morgan fingerprint density at radius 3 is 2.26 bits per heavy atom. The average molecular weight is 382 g/mol. The SMILES string of the molecule is CCOC(=O)C[C@H](C)c1cc(-c2c(C)cccc2C)cc(C(F)(F)F)c1F. The van der Waals surface area contributed by atoms with Crippen molar-refractivity contribution in [2.45, 2.75) is 46.2 Å². The largest absolute Gasteiger partial charge is 0.466 e.